The Morgan fingerprint density at radius 1 is 1.33 bits per heavy atom. The number of halogens is 4. The lowest BCUT2D eigenvalue weighted by molar-refractivity contribution is -0.175. The Kier molecular flexibility index (Phi) is 4.33. The average molecular weight is 326 g/mol. The fraction of sp³-hybridized carbons (Fsp3) is 0.200. The maximum atomic E-state index is 12.1. The first kappa shape index (κ1) is 14.5. The second-order valence-electron chi connectivity index (χ2n) is 3.30. The summed E-state index contributed by atoms with van der Waals surface area (Å²) >= 11 is 3.06. The van der Waals surface area contributed by atoms with Crippen LogP contribution in [0.4, 0.5) is 13.2 Å². The van der Waals surface area contributed by atoms with E-state index < -0.39 is 24.1 Å². The van der Waals surface area contributed by atoms with Crippen LogP contribution in [0.2, 0.25) is 0 Å². The summed E-state index contributed by atoms with van der Waals surface area (Å²) < 4.78 is 36.7. The Bertz CT molecular complexity index is 476. The zero-order chi connectivity index (χ0) is 13.9. The monoisotopic (exact) mass is 325 g/mol. The molecular weight excluding hydrogens is 319 g/mol. The van der Waals surface area contributed by atoms with E-state index in [1.165, 1.54) is 23.5 Å². The topological polar surface area (TPSA) is 66.4 Å². The van der Waals surface area contributed by atoms with E-state index in [4.69, 9.17) is 5.11 Å². The van der Waals surface area contributed by atoms with Gasteiger partial charge < -0.3 is 10.4 Å². The van der Waals surface area contributed by atoms with Crippen LogP contribution in [0.3, 0.4) is 0 Å². The third-order valence-corrected chi connectivity index (χ3v) is 2.46. The molecular formula is C10H7BrF3NO3. The van der Waals surface area contributed by atoms with Crippen LogP contribution in [0.5, 0.6) is 0 Å². The number of carbonyl (C=O) groups is 2. The molecule has 0 fully saturated rings. The Labute approximate surface area is 108 Å². The number of amides is 1. The van der Waals surface area contributed by atoms with Gasteiger partial charge in [0.2, 0.25) is 0 Å². The Morgan fingerprint density at radius 3 is 2.39 bits per heavy atom. The van der Waals surface area contributed by atoms with Gasteiger partial charge in [-0.1, -0.05) is 28.1 Å². The zero-order valence-electron chi connectivity index (χ0n) is 8.66. The van der Waals surface area contributed by atoms with Gasteiger partial charge in [-0.3, -0.25) is 4.79 Å². The van der Waals surface area contributed by atoms with E-state index in [0.29, 0.717) is 4.47 Å². The Morgan fingerprint density at radius 2 is 1.94 bits per heavy atom. The van der Waals surface area contributed by atoms with Crippen molar-refractivity contribution >= 4 is 27.8 Å². The highest BCUT2D eigenvalue weighted by Gasteiger charge is 2.41. The van der Waals surface area contributed by atoms with Gasteiger partial charge in [0, 0.05) is 4.47 Å². The van der Waals surface area contributed by atoms with Crippen LogP contribution >= 0.6 is 15.9 Å². The molecule has 0 aliphatic heterocycles. The number of carboxylic acid groups (broad SMARTS) is 1. The van der Waals surface area contributed by atoms with Crippen LogP contribution in [0.25, 0.3) is 0 Å². The molecule has 0 saturated heterocycles. The van der Waals surface area contributed by atoms with Crippen LogP contribution in [-0.2, 0) is 9.59 Å². The summed E-state index contributed by atoms with van der Waals surface area (Å²) in [5.41, 5.74) is 0.0366. The van der Waals surface area contributed by atoms with Crippen LogP contribution in [0, 0.1) is 0 Å². The van der Waals surface area contributed by atoms with Crippen molar-refractivity contribution in [2.45, 2.75) is 12.2 Å². The molecule has 0 spiro atoms. The summed E-state index contributed by atoms with van der Waals surface area (Å²) in [7, 11) is 0. The molecule has 4 nitrogen and oxygen atoms in total. The molecule has 1 aromatic carbocycles. The summed E-state index contributed by atoms with van der Waals surface area (Å²) in [6.45, 7) is 0. The van der Waals surface area contributed by atoms with Crippen LogP contribution < -0.4 is 5.32 Å². The molecule has 0 saturated carbocycles. The van der Waals surface area contributed by atoms with Crippen molar-refractivity contribution < 1.29 is 27.9 Å². The van der Waals surface area contributed by atoms with Gasteiger partial charge in [-0.25, -0.2) is 4.79 Å². The summed E-state index contributed by atoms with van der Waals surface area (Å²) in [5, 5.41) is 10.3. The number of hydrogen-bond acceptors (Lipinski definition) is 2. The molecule has 2 N–H and O–H groups in total. The lowest BCUT2D eigenvalue weighted by atomic mass is 10.1. The number of benzene rings is 1. The molecule has 0 heterocycles. The van der Waals surface area contributed by atoms with Crippen molar-refractivity contribution in [3.05, 3.63) is 34.3 Å². The molecule has 0 bridgehead atoms. The summed E-state index contributed by atoms with van der Waals surface area (Å²) in [6, 6.07) is 3.90. The van der Waals surface area contributed by atoms with Crippen molar-refractivity contribution in [1.29, 1.82) is 0 Å². The van der Waals surface area contributed by atoms with Crippen molar-refractivity contribution in [2.75, 3.05) is 0 Å². The summed E-state index contributed by atoms with van der Waals surface area (Å²) in [5.74, 6) is -3.87. The van der Waals surface area contributed by atoms with Gasteiger partial charge >= 0.3 is 18.1 Å². The molecule has 0 aliphatic rings. The number of hydrogen-bond donors (Lipinski definition) is 2. The number of aliphatic carboxylic acids is 1. The maximum absolute atomic E-state index is 12.1. The summed E-state index contributed by atoms with van der Waals surface area (Å²) in [6.07, 6.45) is -5.13. The fourth-order valence-electron chi connectivity index (χ4n) is 1.19. The second-order valence-corrected chi connectivity index (χ2v) is 4.21. The fourth-order valence-corrected chi connectivity index (χ4v) is 1.60. The van der Waals surface area contributed by atoms with Crippen LogP contribution in [0.1, 0.15) is 11.6 Å². The van der Waals surface area contributed by atoms with E-state index >= 15 is 0 Å². The molecule has 98 valence electrons. The average Bonchev–Trinajstić information content (AvgIpc) is 2.23. The SMILES string of the molecule is O=C(O)[C@@H](NC(=O)C(F)(F)F)c1cccc(Br)c1. The van der Waals surface area contributed by atoms with E-state index in [1.54, 1.807) is 6.07 Å². The second kappa shape index (κ2) is 5.38. The highest BCUT2D eigenvalue weighted by Crippen LogP contribution is 2.21. The van der Waals surface area contributed by atoms with Gasteiger partial charge in [0.15, 0.2) is 6.04 Å². The number of nitrogens with one attached hydrogen (secondary N) is 1. The first-order valence-corrected chi connectivity index (χ1v) is 5.37. The van der Waals surface area contributed by atoms with E-state index in [9.17, 15) is 22.8 Å². The summed E-state index contributed by atoms with van der Waals surface area (Å²) in [4.78, 5) is 21.6. The van der Waals surface area contributed by atoms with Gasteiger partial charge in [-0.05, 0) is 17.7 Å². The molecule has 0 radical (unpaired) electrons. The minimum atomic E-state index is -5.13. The lowest BCUT2D eigenvalue weighted by Crippen LogP contribution is -2.41. The van der Waals surface area contributed by atoms with Gasteiger partial charge in [-0.2, -0.15) is 13.2 Å². The number of alkyl halides is 3. The first-order valence-electron chi connectivity index (χ1n) is 4.58. The Balaban J connectivity index is 2.98. The molecule has 0 aliphatic carbocycles. The number of carboxylic acids is 1. The van der Waals surface area contributed by atoms with E-state index in [2.05, 4.69) is 15.9 Å². The minimum Gasteiger partial charge on any atom is -0.479 e. The highest BCUT2D eigenvalue weighted by atomic mass is 79.9. The lowest BCUT2D eigenvalue weighted by Gasteiger charge is -2.16. The van der Waals surface area contributed by atoms with Crippen LogP contribution in [-0.4, -0.2) is 23.2 Å². The molecule has 0 aromatic heterocycles. The molecule has 1 atom stereocenters. The Hall–Kier alpha value is -1.57. The van der Waals surface area contributed by atoms with Gasteiger partial charge in [0.1, 0.15) is 0 Å². The normalized spacial score (nSPS) is 12.9. The molecule has 1 amide bonds. The van der Waals surface area contributed by atoms with Crippen molar-refractivity contribution in [3.8, 4) is 0 Å². The van der Waals surface area contributed by atoms with Crippen LogP contribution in [0.15, 0.2) is 28.7 Å². The minimum absolute atomic E-state index is 0.0366. The van der Waals surface area contributed by atoms with E-state index in [-0.39, 0.29) is 5.56 Å². The predicted molar refractivity (Wildman–Crippen MR) is 58.7 cm³/mol. The maximum Gasteiger partial charge on any atom is 0.471 e. The van der Waals surface area contributed by atoms with E-state index in [0.717, 1.165) is 0 Å². The van der Waals surface area contributed by atoms with Gasteiger partial charge in [0.25, 0.3) is 0 Å². The highest BCUT2D eigenvalue weighted by molar-refractivity contribution is 9.10. The molecule has 1 aromatic rings. The standard InChI is InChI=1S/C10H7BrF3NO3/c11-6-3-1-2-5(4-6)7(8(16)17)15-9(18)10(12,13)14/h1-4,7H,(H,15,18)(H,16,17)/t7-/m0/s1. The zero-order valence-corrected chi connectivity index (χ0v) is 10.2. The molecule has 8 heteroatoms. The predicted octanol–water partition coefficient (Wildman–Crippen LogP) is 2.25. The molecule has 18 heavy (non-hydrogen) atoms. The third kappa shape index (κ3) is 3.73. The largest absolute Gasteiger partial charge is 0.479 e. The quantitative estimate of drug-likeness (QED) is 0.895. The van der Waals surface area contributed by atoms with Crippen molar-refractivity contribution in [3.63, 3.8) is 0 Å². The van der Waals surface area contributed by atoms with Crippen molar-refractivity contribution in [1.82, 2.24) is 5.32 Å². The smallest absolute Gasteiger partial charge is 0.471 e. The molecule has 0 unspecified atom stereocenters. The number of rotatable bonds is 3. The number of carbonyl (C=O) groups excluding carboxylic acids is 1. The van der Waals surface area contributed by atoms with Crippen molar-refractivity contribution in [2.24, 2.45) is 0 Å². The van der Waals surface area contributed by atoms with E-state index in [1.807, 2.05) is 0 Å². The van der Waals surface area contributed by atoms with Gasteiger partial charge in [0.05, 0.1) is 0 Å². The van der Waals surface area contributed by atoms with Gasteiger partial charge in [-0.15, -0.1) is 0 Å². The molecule has 1 rings (SSSR count). The first-order chi connectivity index (χ1) is 8.21. The third-order valence-electron chi connectivity index (χ3n) is 1.96.